The van der Waals surface area contributed by atoms with Crippen molar-refractivity contribution in [3.8, 4) is 0 Å². The Morgan fingerprint density at radius 1 is 0.240 bits per heavy atom. The molecule has 0 aromatic heterocycles. The molecule has 0 spiro atoms. The van der Waals surface area contributed by atoms with Gasteiger partial charge in [0.05, 0.1) is 0 Å². The van der Waals surface area contributed by atoms with Gasteiger partial charge >= 0.3 is 0 Å². The predicted molar refractivity (Wildman–Crippen MR) is 111 cm³/mol. The first-order chi connectivity index (χ1) is 5.00. The molecule has 0 aliphatic carbocycles. The van der Waals surface area contributed by atoms with Gasteiger partial charge in [-0.15, -0.1) is 0 Å². The van der Waals surface area contributed by atoms with Crippen LogP contribution in [0.5, 0.6) is 0 Å². The minimum absolute atomic E-state index is 0. The molecule has 160 valence electrons. The smallest absolute Gasteiger partial charge is 0.0319 e. The van der Waals surface area contributed by atoms with Crippen LogP contribution in [-0.4, -0.2) is 12.2 Å². The van der Waals surface area contributed by atoms with E-state index in [4.69, 9.17) is 5.11 Å². The monoisotopic (exact) mass is 821 g/mol. The molecule has 0 atom stereocenters. The first-order valence-electron chi connectivity index (χ1n) is 4.45. The molecule has 0 bridgehead atoms. The first kappa shape index (κ1) is 220. The van der Waals surface area contributed by atoms with Crippen LogP contribution in [0.15, 0.2) is 0 Å². The molecule has 0 saturated heterocycles. The van der Waals surface area contributed by atoms with Crippen molar-refractivity contribution in [1.82, 2.24) is 0 Å². The fourth-order valence-electron chi connectivity index (χ4n) is 0. The van der Waals surface area contributed by atoms with E-state index in [2.05, 4.69) is 0 Å². The van der Waals surface area contributed by atoms with Gasteiger partial charge in [-0.2, -0.15) is 0 Å². The van der Waals surface area contributed by atoms with E-state index in [1.54, 1.807) is 0 Å². The second kappa shape index (κ2) is 618. The van der Waals surface area contributed by atoms with Crippen molar-refractivity contribution >= 4 is 0 Å². The molecule has 6 radical (unpaired) electrons. The molecule has 1 nitrogen and oxygen atoms in total. The molecule has 0 unspecified atom stereocenters. The van der Waals surface area contributed by atoms with Crippen LogP contribution in [0.2, 0.25) is 0 Å². The van der Waals surface area contributed by atoms with Crippen molar-refractivity contribution in [3.05, 3.63) is 66.8 Å². The molecule has 0 aliphatic heterocycles. The molecule has 25 heavy (non-hydrogen) atoms. The Morgan fingerprint density at radius 2 is 0.240 bits per heavy atom. The van der Waals surface area contributed by atoms with Gasteiger partial charge in [0, 0.05) is 203 Å². The van der Waals surface area contributed by atoms with Crippen LogP contribution in [-0.2, 0) is 196 Å². The number of hydrogen-bond donors (Lipinski definition) is 1. The van der Waals surface area contributed by atoms with Crippen LogP contribution in [0.1, 0.15) is 55.4 Å². The van der Waals surface area contributed by atoms with Gasteiger partial charge in [-0.3, -0.25) is 0 Å². The van der Waals surface area contributed by atoms with E-state index in [0.29, 0.717) is 0 Å². The van der Waals surface area contributed by atoms with Crippen molar-refractivity contribution in [2.45, 2.75) is 55.4 Å². The van der Waals surface area contributed by atoms with Gasteiger partial charge in [-0.1, -0.05) is 55.4 Å². The standard InChI is InChI=1S/4C2H6.CH4O.9CH3.6Y/c5*1-2;;;;;;;;;;;;;;;/h4*1-2H3;2H,1H3;9*1H3;;;;;;/q;;;;;9*-1;;;;;;. The minimum Gasteiger partial charge on any atom is -0.400 e. The maximum Gasteiger partial charge on any atom is 0.0319 e. The third kappa shape index (κ3) is 577. The fourth-order valence-corrected chi connectivity index (χ4v) is 0. The molecule has 0 aromatic rings. The van der Waals surface area contributed by atoms with Gasteiger partial charge in [0.25, 0.3) is 0 Å². The number of aliphatic hydroxyl groups excluding tert-OH is 1. The zero-order valence-corrected chi connectivity index (χ0v) is 38.9. The topological polar surface area (TPSA) is 20.2 Å². The zero-order valence-electron chi connectivity index (χ0n) is 21.9. The molecule has 0 fully saturated rings. The van der Waals surface area contributed by atoms with Crippen molar-refractivity contribution in [1.29, 1.82) is 0 Å². The van der Waals surface area contributed by atoms with E-state index < -0.39 is 0 Å². The summed E-state index contributed by atoms with van der Waals surface area (Å²) in [6.07, 6.45) is 0. The summed E-state index contributed by atoms with van der Waals surface area (Å²) < 4.78 is 0. The largest absolute Gasteiger partial charge is 0.400 e. The molecule has 0 amide bonds. The zero-order chi connectivity index (χ0) is 10.0. The van der Waals surface area contributed by atoms with E-state index in [1.165, 1.54) is 0 Å². The van der Waals surface area contributed by atoms with Crippen molar-refractivity contribution in [2.75, 3.05) is 7.11 Å². The average molecular weight is 821 g/mol. The fraction of sp³-hybridized carbons (Fsp3) is 0.500. The summed E-state index contributed by atoms with van der Waals surface area (Å²) in [5, 5.41) is 7.00. The Labute approximate surface area is 323 Å². The second-order valence-corrected chi connectivity index (χ2v) is 0. The summed E-state index contributed by atoms with van der Waals surface area (Å²) in [7, 11) is 1.00. The number of aliphatic hydroxyl groups is 1. The summed E-state index contributed by atoms with van der Waals surface area (Å²) in [6.45, 7) is 16.0. The van der Waals surface area contributed by atoms with E-state index in [0.717, 1.165) is 7.11 Å². The Kier molecular flexibility index (Phi) is 5440. The van der Waals surface area contributed by atoms with Crippen molar-refractivity contribution in [2.24, 2.45) is 0 Å². The van der Waals surface area contributed by atoms with E-state index in [-0.39, 0.29) is 263 Å². The van der Waals surface area contributed by atoms with Gasteiger partial charge in [0.15, 0.2) is 0 Å². The van der Waals surface area contributed by atoms with E-state index >= 15 is 0 Å². The molecule has 0 heterocycles. The van der Waals surface area contributed by atoms with Crippen molar-refractivity contribution < 1.29 is 201 Å². The summed E-state index contributed by atoms with van der Waals surface area (Å²) in [5.41, 5.74) is 0. The van der Waals surface area contributed by atoms with Crippen LogP contribution in [0.3, 0.4) is 0 Å². The first-order valence-corrected chi connectivity index (χ1v) is 4.45. The number of hydrogen-bond acceptors (Lipinski definition) is 1. The Bertz CT molecular complexity index is 25.5. The van der Waals surface area contributed by atoms with Gasteiger partial charge in [-0.25, -0.2) is 0 Å². The summed E-state index contributed by atoms with van der Waals surface area (Å²) in [6, 6.07) is 0. The van der Waals surface area contributed by atoms with Crippen LogP contribution in [0, 0.1) is 66.8 Å². The van der Waals surface area contributed by atoms with Gasteiger partial charge in [0.1, 0.15) is 0 Å². The predicted octanol–water partition coefficient (Wildman–Crippen LogP) is 7.75. The van der Waals surface area contributed by atoms with Gasteiger partial charge < -0.3 is 71.9 Å². The normalized spacial score (nSPS) is 1.20. The second-order valence-electron chi connectivity index (χ2n) is 0. The Morgan fingerprint density at radius 3 is 0.240 bits per heavy atom. The van der Waals surface area contributed by atoms with Gasteiger partial charge in [0.2, 0.25) is 0 Å². The number of rotatable bonds is 0. The summed E-state index contributed by atoms with van der Waals surface area (Å²) in [5.74, 6) is 0. The Hall–Kier alpha value is 6.58. The van der Waals surface area contributed by atoms with Crippen LogP contribution >= 0.6 is 0 Å². The molecule has 1 N–H and O–H groups in total. The summed E-state index contributed by atoms with van der Waals surface area (Å²) in [4.78, 5) is 0. The Balaban J connectivity index is -0.000000000604. The van der Waals surface area contributed by atoms with Crippen LogP contribution in [0.4, 0.5) is 0 Å². The minimum atomic E-state index is 0. The molecule has 0 saturated carbocycles. The maximum absolute atomic E-state index is 7.00. The molecule has 0 aliphatic rings. The van der Waals surface area contributed by atoms with E-state index in [9.17, 15) is 0 Å². The van der Waals surface area contributed by atoms with Gasteiger partial charge in [-0.05, 0) is 0 Å². The molecule has 0 aromatic carbocycles. The third-order valence-electron chi connectivity index (χ3n) is 0. The SMILES string of the molecule is CC.CC.CC.CC.CO.[CH3-].[CH3-].[CH3-].[CH3-].[CH3-].[CH3-].[CH3-].[CH3-].[CH3-].[Y].[Y].[Y].[Y].[Y].[Y]. The third-order valence-corrected chi connectivity index (χ3v) is 0. The molecular weight excluding hydrogens is 766 g/mol. The quantitative estimate of drug-likeness (QED) is 0.248. The van der Waals surface area contributed by atoms with Crippen LogP contribution in [0.25, 0.3) is 0 Å². The van der Waals surface area contributed by atoms with E-state index in [1.807, 2.05) is 55.4 Å². The maximum atomic E-state index is 7.00. The molecule has 7 heteroatoms. The average Bonchev–Trinajstić information content (AvgIpc) is 2.20. The molecular formula is C18H55OY6-9. The molecule has 0 rings (SSSR count). The van der Waals surface area contributed by atoms with Crippen molar-refractivity contribution in [3.63, 3.8) is 0 Å². The summed E-state index contributed by atoms with van der Waals surface area (Å²) >= 11 is 0. The van der Waals surface area contributed by atoms with Crippen LogP contribution < -0.4 is 0 Å².